The number of allylic oxidation sites excluding steroid dienone is 1. The highest BCUT2D eigenvalue weighted by molar-refractivity contribution is 5.90. The number of nitrogens with zero attached hydrogens (tertiary/aromatic N) is 3. The lowest BCUT2D eigenvalue weighted by Crippen LogP contribution is -2.32. The molecule has 1 aromatic carbocycles. The highest BCUT2D eigenvalue weighted by Gasteiger charge is 2.29. The molecule has 3 aromatic rings. The van der Waals surface area contributed by atoms with Crippen LogP contribution < -0.4 is 0 Å². The van der Waals surface area contributed by atoms with E-state index in [9.17, 15) is 0 Å². The minimum atomic E-state index is 0.466. The van der Waals surface area contributed by atoms with Crippen molar-refractivity contribution in [1.82, 2.24) is 14.5 Å². The Morgan fingerprint density at radius 2 is 2.00 bits per heavy atom. The molecule has 0 aliphatic carbocycles. The lowest BCUT2D eigenvalue weighted by atomic mass is 9.96. The van der Waals surface area contributed by atoms with E-state index in [1.54, 1.807) is 0 Å². The van der Waals surface area contributed by atoms with Gasteiger partial charge in [-0.15, -0.1) is 0 Å². The van der Waals surface area contributed by atoms with Gasteiger partial charge in [-0.25, -0.2) is 0 Å². The molecule has 1 aliphatic rings. The van der Waals surface area contributed by atoms with Crippen LogP contribution in [0.4, 0.5) is 0 Å². The zero-order valence-corrected chi connectivity index (χ0v) is 16.2. The van der Waals surface area contributed by atoms with Crippen molar-refractivity contribution in [1.29, 1.82) is 0 Å². The number of aryl methyl sites for hydroxylation is 1. The van der Waals surface area contributed by atoms with E-state index in [-0.39, 0.29) is 0 Å². The number of likely N-dealkylation sites (N-methyl/N-ethyl adjacent to an activating group) is 1. The molecule has 0 N–H and O–H groups in total. The van der Waals surface area contributed by atoms with Crippen LogP contribution in [-0.2, 0) is 6.42 Å². The van der Waals surface area contributed by atoms with Crippen LogP contribution >= 0.6 is 0 Å². The van der Waals surface area contributed by atoms with Gasteiger partial charge in [0.15, 0.2) is 0 Å². The van der Waals surface area contributed by atoms with Crippen molar-refractivity contribution < 1.29 is 0 Å². The molecular weight excluding hydrogens is 318 g/mol. The van der Waals surface area contributed by atoms with E-state index in [1.807, 2.05) is 12.4 Å². The Labute approximate surface area is 156 Å². The number of fused-ring (bicyclic) bond motifs is 3. The summed E-state index contributed by atoms with van der Waals surface area (Å²) in [6.45, 7) is 7.80. The Hall–Kier alpha value is -2.39. The second kappa shape index (κ2) is 6.73. The summed E-state index contributed by atoms with van der Waals surface area (Å²) in [6.07, 6.45) is 8.29. The molecule has 0 spiro atoms. The van der Waals surface area contributed by atoms with Gasteiger partial charge in [0.05, 0.1) is 11.6 Å². The van der Waals surface area contributed by atoms with Crippen LogP contribution in [0.5, 0.6) is 0 Å². The molecule has 1 aliphatic heterocycles. The average molecular weight is 345 g/mol. The number of hydrogen-bond donors (Lipinski definition) is 0. The maximum atomic E-state index is 4.15. The Balaban J connectivity index is 1.98. The van der Waals surface area contributed by atoms with Gasteiger partial charge in [0.1, 0.15) is 0 Å². The predicted octanol–water partition coefficient (Wildman–Crippen LogP) is 5.30. The maximum Gasteiger partial charge on any atom is 0.0529 e. The van der Waals surface area contributed by atoms with E-state index in [4.69, 9.17) is 0 Å². The van der Waals surface area contributed by atoms with Gasteiger partial charge in [-0.3, -0.25) is 9.88 Å². The molecule has 134 valence electrons. The molecule has 3 heteroatoms. The van der Waals surface area contributed by atoms with Crippen LogP contribution in [0, 0.1) is 6.92 Å². The molecular formula is C23H27N3. The van der Waals surface area contributed by atoms with Crippen molar-refractivity contribution in [3.63, 3.8) is 0 Å². The van der Waals surface area contributed by atoms with Gasteiger partial charge in [-0.1, -0.05) is 18.6 Å². The quantitative estimate of drug-likeness (QED) is 0.642. The minimum Gasteiger partial charge on any atom is -0.318 e. The smallest absolute Gasteiger partial charge is 0.0529 e. The van der Waals surface area contributed by atoms with Crippen molar-refractivity contribution in [2.75, 3.05) is 13.6 Å². The fourth-order valence-electron chi connectivity index (χ4n) is 4.32. The highest BCUT2D eigenvalue weighted by atomic mass is 15.2. The van der Waals surface area contributed by atoms with E-state index in [0.717, 1.165) is 19.4 Å². The summed E-state index contributed by atoms with van der Waals surface area (Å²) < 4.78 is 2.45. The van der Waals surface area contributed by atoms with Crippen molar-refractivity contribution in [3.8, 4) is 0 Å². The van der Waals surface area contributed by atoms with Crippen LogP contribution in [0.3, 0.4) is 0 Å². The van der Waals surface area contributed by atoms with Gasteiger partial charge < -0.3 is 4.57 Å². The van der Waals surface area contributed by atoms with Crippen LogP contribution in [0.1, 0.15) is 48.7 Å². The molecule has 0 saturated heterocycles. The third-order valence-corrected chi connectivity index (χ3v) is 5.71. The number of rotatable bonds is 3. The molecule has 26 heavy (non-hydrogen) atoms. The lowest BCUT2D eigenvalue weighted by molar-refractivity contribution is 0.220. The Kier molecular flexibility index (Phi) is 4.41. The summed E-state index contributed by atoms with van der Waals surface area (Å²) >= 11 is 0. The van der Waals surface area contributed by atoms with Gasteiger partial charge in [0.2, 0.25) is 0 Å². The van der Waals surface area contributed by atoms with Crippen LogP contribution in [0.15, 0.2) is 42.7 Å². The normalized spacial score (nSPS) is 18.3. The largest absolute Gasteiger partial charge is 0.318 e. The average Bonchev–Trinajstić information content (AvgIpc) is 2.95. The topological polar surface area (TPSA) is 21.1 Å². The monoisotopic (exact) mass is 345 g/mol. The van der Waals surface area contributed by atoms with Gasteiger partial charge in [-0.2, -0.15) is 0 Å². The molecule has 4 rings (SSSR count). The first-order valence-electron chi connectivity index (χ1n) is 9.52. The molecule has 0 radical (unpaired) electrons. The van der Waals surface area contributed by atoms with Crippen LogP contribution in [0.25, 0.3) is 22.7 Å². The van der Waals surface area contributed by atoms with Crippen molar-refractivity contribution in [2.24, 2.45) is 0 Å². The van der Waals surface area contributed by atoms with Crippen LogP contribution in [-0.4, -0.2) is 28.0 Å². The molecule has 3 nitrogen and oxygen atoms in total. The Morgan fingerprint density at radius 1 is 1.23 bits per heavy atom. The van der Waals surface area contributed by atoms with E-state index < -0.39 is 0 Å². The van der Waals surface area contributed by atoms with Crippen molar-refractivity contribution in [2.45, 2.75) is 39.7 Å². The Bertz CT molecular complexity index is 966. The second-order valence-corrected chi connectivity index (χ2v) is 7.46. The Morgan fingerprint density at radius 3 is 2.73 bits per heavy atom. The summed E-state index contributed by atoms with van der Waals surface area (Å²) in [5.41, 5.74) is 8.14. The third kappa shape index (κ3) is 2.77. The standard InChI is InChI=1S/C23H27N3/c1-5-21-23-19(10-13-25(21)4)20-14-16(2)6-7-22(20)26(23)15-17(3)18-8-11-24-12-9-18/h6-9,11-12,14-15,21H,5,10,13H2,1-4H3/b17-15+. The zero-order valence-electron chi connectivity index (χ0n) is 16.2. The first kappa shape index (κ1) is 17.0. The van der Waals surface area contributed by atoms with Crippen molar-refractivity contribution in [3.05, 3.63) is 65.1 Å². The molecule has 0 fully saturated rings. The number of hydrogen-bond acceptors (Lipinski definition) is 2. The minimum absolute atomic E-state index is 0.466. The molecule has 2 aromatic heterocycles. The molecule has 0 saturated carbocycles. The summed E-state index contributed by atoms with van der Waals surface area (Å²) in [7, 11) is 2.25. The first-order valence-corrected chi connectivity index (χ1v) is 9.52. The van der Waals surface area contributed by atoms with Crippen molar-refractivity contribution >= 4 is 22.7 Å². The molecule has 0 bridgehead atoms. The second-order valence-electron chi connectivity index (χ2n) is 7.46. The summed E-state index contributed by atoms with van der Waals surface area (Å²) in [5.74, 6) is 0. The molecule has 3 heterocycles. The molecule has 0 amide bonds. The summed E-state index contributed by atoms with van der Waals surface area (Å²) in [4.78, 5) is 6.65. The van der Waals surface area contributed by atoms with Crippen LogP contribution in [0.2, 0.25) is 0 Å². The van der Waals surface area contributed by atoms with Gasteiger partial charge >= 0.3 is 0 Å². The van der Waals surface area contributed by atoms with Gasteiger partial charge in [0.25, 0.3) is 0 Å². The fraction of sp³-hybridized carbons (Fsp3) is 0.348. The maximum absolute atomic E-state index is 4.15. The summed E-state index contributed by atoms with van der Waals surface area (Å²) in [5, 5.41) is 1.42. The fourth-order valence-corrected chi connectivity index (χ4v) is 4.32. The van der Waals surface area contributed by atoms with E-state index in [0.29, 0.717) is 6.04 Å². The summed E-state index contributed by atoms with van der Waals surface area (Å²) in [6, 6.07) is 11.5. The molecule has 1 atom stereocenters. The van der Waals surface area contributed by atoms with E-state index in [1.165, 1.54) is 38.9 Å². The molecule has 1 unspecified atom stereocenters. The zero-order chi connectivity index (χ0) is 18.3. The number of aromatic nitrogens is 2. The number of benzene rings is 1. The number of pyridine rings is 1. The van der Waals surface area contributed by atoms with Gasteiger partial charge in [0, 0.05) is 36.2 Å². The predicted molar refractivity (Wildman–Crippen MR) is 110 cm³/mol. The van der Waals surface area contributed by atoms with Gasteiger partial charge in [-0.05, 0) is 74.7 Å². The SMILES string of the molecule is CCC1c2c(c3cc(C)ccc3n2/C=C(\C)c2ccncc2)CCN1C. The first-order chi connectivity index (χ1) is 12.6. The lowest BCUT2D eigenvalue weighted by Gasteiger charge is -2.33. The van der Waals surface area contributed by atoms with E-state index >= 15 is 0 Å². The third-order valence-electron chi connectivity index (χ3n) is 5.71. The van der Waals surface area contributed by atoms with E-state index in [2.05, 4.69) is 78.8 Å². The highest BCUT2D eigenvalue weighted by Crippen LogP contribution is 2.39.